The molecule has 2 N–H and O–H groups in total. The highest BCUT2D eigenvalue weighted by Crippen LogP contribution is 2.29. The van der Waals surface area contributed by atoms with Crippen LogP contribution in [0.3, 0.4) is 0 Å². The Kier molecular flexibility index (Phi) is 5.24. The maximum atomic E-state index is 5.97. The minimum Gasteiger partial charge on any atom is -0.364 e. The molecule has 2 aromatic rings. The summed E-state index contributed by atoms with van der Waals surface area (Å²) in [6.07, 6.45) is 0. The Bertz CT molecular complexity index is 550. The lowest BCUT2D eigenvalue weighted by atomic mass is 10.1. The number of halogens is 1. The molecular weight excluding hydrogens is 332 g/mol. The largest absolute Gasteiger partial charge is 0.364 e. The molecule has 0 aliphatic carbocycles. The van der Waals surface area contributed by atoms with E-state index < -0.39 is 0 Å². The fraction of sp³-hybridized carbons (Fsp3) is 0.375. The summed E-state index contributed by atoms with van der Waals surface area (Å²) in [6, 6.07) is 11.2. The zero-order valence-corrected chi connectivity index (χ0v) is 14.5. The van der Waals surface area contributed by atoms with Gasteiger partial charge < -0.3 is 10.6 Å². The number of benzene rings is 1. The molecule has 0 aliphatic rings. The number of rotatable bonds is 5. The third-order valence-electron chi connectivity index (χ3n) is 3.34. The zero-order chi connectivity index (χ0) is 14.7. The molecule has 0 saturated heterocycles. The summed E-state index contributed by atoms with van der Waals surface area (Å²) in [7, 11) is 0. The normalized spacial score (nSPS) is 12.7. The molecule has 4 heteroatoms. The average Bonchev–Trinajstić information content (AvgIpc) is 2.87. The van der Waals surface area contributed by atoms with Gasteiger partial charge in [-0.25, -0.2) is 0 Å². The van der Waals surface area contributed by atoms with Gasteiger partial charge in [-0.15, -0.1) is 11.3 Å². The van der Waals surface area contributed by atoms with Gasteiger partial charge in [-0.05, 0) is 49.9 Å². The van der Waals surface area contributed by atoms with Crippen LogP contribution in [0, 0.1) is 0 Å². The number of anilines is 1. The molecule has 108 valence electrons. The summed E-state index contributed by atoms with van der Waals surface area (Å²) in [5.74, 6) is 0. The smallest absolute Gasteiger partial charge is 0.0525 e. The van der Waals surface area contributed by atoms with Crippen molar-refractivity contribution in [3.05, 3.63) is 50.6 Å². The van der Waals surface area contributed by atoms with Crippen molar-refractivity contribution in [3.8, 4) is 0 Å². The van der Waals surface area contributed by atoms with E-state index in [1.165, 1.54) is 10.6 Å². The standard InChI is InChI=1S/C16H21BrN2S/c1-11(2)19(10-14-5-4-8-20-14)13-6-7-15(12(3)18)16(17)9-13/h4-9,11-12H,10,18H2,1-3H3/t12-/m1/s1. The van der Waals surface area contributed by atoms with Crippen molar-refractivity contribution in [1.82, 2.24) is 0 Å². The van der Waals surface area contributed by atoms with Gasteiger partial charge in [0.15, 0.2) is 0 Å². The number of thiophene rings is 1. The third-order valence-corrected chi connectivity index (χ3v) is 4.88. The Morgan fingerprint density at radius 1 is 1.25 bits per heavy atom. The van der Waals surface area contributed by atoms with Crippen molar-refractivity contribution >= 4 is 33.0 Å². The predicted molar refractivity (Wildman–Crippen MR) is 92.4 cm³/mol. The fourth-order valence-corrected chi connectivity index (χ4v) is 3.64. The van der Waals surface area contributed by atoms with Gasteiger partial charge in [-0.1, -0.05) is 28.1 Å². The molecule has 2 rings (SSSR count). The number of hydrogen-bond donors (Lipinski definition) is 1. The lowest BCUT2D eigenvalue weighted by Gasteiger charge is -2.29. The number of hydrogen-bond acceptors (Lipinski definition) is 3. The van der Waals surface area contributed by atoms with Crippen LogP contribution in [0.5, 0.6) is 0 Å². The summed E-state index contributed by atoms with van der Waals surface area (Å²) < 4.78 is 1.09. The van der Waals surface area contributed by atoms with Gasteiger partial charge in [-0.2, -0.15) is 0 Å². The molecule has 0 spiro atoms. The van der Waals surface area contributed by atoms with E-state index in [9.17, 15) is 0 Å². The van der Waals surface area contributed by atoms with Gasteiger partial charge in [-0.3, -0.25) is 0 Å². The van der Waals surface area contributed by atoms with Crippen LogP contribution in [0.4, 0.5) is 5.69 Å². The van der Waals surface area contributed by atoms with Crippen molar-refractivity contribution in [2.45, 2.75) is 39.4 Å². The molecule has 0 aliphatic heterocycles. The predicted octanol–water partition coefficient (Wildman–Crippen LogP) is 4.95. The molecular formula is C16H21BrN2S. The molecule has 0 saturated carbocycles. The van der Waals surface area contributed by atoms with E-state index in [2.05, 4.69) is 70.4 Å². The van der Waals surface area contributed by atoms with Crippen molar-refractivity contribution < 1.29 is 0 Å². The molecule has 0 amide bonds. The van der Waals surface area contributed by atoms with Crippen molar-refractivity contribution in [2.75, 3.05) is 4.90 Å². The average molecular weight is 353 g/mol. The first kappa shape index (κ1) is 15.5. The Hall–Kier alpha value is -0.840. The number of nitrogens with zero attached hydrogens (tertiary/aromatic N) is 1. The second-order valence-electron chi connectivity index (χ2n) is 5.30. The Labute approximate surface area is 133 Å². The van der Waals surface area contributed by atoms with Crippen LogP contribution in [-0.4, -0.2) is 6.04 Å². The highest BCUT2D eigenvalue weighted by atomic mass is 79.9. The maximum Gasteiger partial charge on any atom is 0.0525 e. The minimum atomic E-state index is 0.0446. The lowest BCUT2D eigenvalue weighted by molar-refractivity contribution is 0.686. The van der Waals surface area contributed by atoms with Gasteiger partial charge in [0.2, 0.25) is 0 Å². The van der Waals surface area contributed by atoms with Crippen LogP contribution >= 0.6 is 27.3 Å². The Morgan fingerprint density at radius 2 is 2.00 bits per heavy atom. The Balaban J connectivity index is 2.28. The number of nitrogens with two attached hydrogens (primary N) is 1. The van der Waals surface area contributed by atoms with Gasteiger partial charge >= 0.3 is 0 Å². The first-order valence-electron chi connectivity index (χ1n) is 6.83. The van der Waals surface area contributed by atoms with Crippen LogP contribution < -0.4 is 10.6 Å². The second-order valence-corrected chi connectivity index (χ2v) is 7.18. The summed E-state index contributed by atoms with van der Waals surface area (Å²) in [5.41, 5.74) is 8.34. The van der Waals surface area contributed by atoms with E-state index in [1.54, 1.807) is 11.3 Å². The molecule has 2 nitrogen and oxygen atoms in total. The SMILES string of the molecule is CC(C)N(Cc1cccs1)c1ccc([C@@H](C)N)c(Br)c1. The monoisotopic (exact) mass is 352 g/mol. The van der Waals surface area contributed by atoms with E-state index in [1.807, 2.05) is 6.92 Å². The summed E-state index contributed by atoms with van der Waals surface area (Å²) in [6.45, 7) is 7.40. The van der Waals surface area contributed by atoms with Crippen molar-refractivity contribution in [2.24, 2.45) is 5.73 Å². The molecule has 0 unspecified atom stereocenters. The van der Waals surface area contributed by atoms with Gasteiger partial charge in [0.25, 0.3) is 0 Å². The molecule has 0 bridgehead atoms. The fourth-order valence-electron chi connectivity index (χ4n) is 2.21. The van der Waals surface area contributed by atoms with E-state index in [4.69, 9.17) is 5.73 Å². The molecule has 1 heterocycles. The van der Waals surface area contributed by atoms with Gasteiger partial charge in [0.05, 0.1) is 6.54 Å². The highest BCUT2D eigenvalue weighted by molar-refractivity contribution is 9.10. The molecule has 1 aromatic heterocycles. The summed E-state index contributed by atoms with van der Waals surface area (Å²) in [5, 5.41) is 2.13. The van der Waals surface area contributed by atoms with Crippen LogP contribution in [0.25, 0.3) is 0 Å². The Morgan fingerprint density at radius 3 is 2.50 bits per heavy atom. The maximum absolute atomic E-state index is 5.97. The highest BCUT2D eigenvalue weighted by Gasteiger charge is 2.14. The molecule has 20 heavy (non-hydrogen) atoms. The lowest BCUT2D eigenvalue weighted by Crippen LogP contribution is -2.29. The van der Waals surface area contributed by atoms with Crippen LogP contribution in [0.2, 0.25) is 0 Å². The zero-order valence-electron chi connectivity index (χ0n) is 12.1. The van der Waals surface area contributed by atoms with E-state index >= 15 is 0 Å². The first-order valence-corrected chi connectivity index (χ1v) is 8.50. The van der Waals surface area contributed by atoms with Crippen molar-refractivity contribution in [1.29, 1.82) is 0 Å². The molecule has 1 atom stereocenters. The molecule has 0 radical (unpaired) electrons. The van der Waals surface area contributed by atoms with E-state index in [0.29, 0.717) is 6.04 Å². The van der Waals surface area contributed by atoms with Crippen molar-refractivity contribution in [3.63, 3.8) is 0 Å². The van der Waals surface area contributed by atoms with Crippen LogP contribution in [-0.2, 0) is 6.54 Å². The minimum absolute atomic E-state index is 0.0446. The molecule has 1 aromatic carbocycles. The second kappa shape index (κ2) is 6.74. The molecule has 0 fully saturated rings. The topological polar surface area (TPSA) is 29.3 Å². The van der Waals surface area contributed by atoms with E-state index in [0.717, 1.165) is 16.6 Å². The van der Waals surface area contributed by atoms with Crippen LogP contribution in [0.15, 0.2) is 40.2 Å². The summed E-state index contributed by atoms with van der Waals surface area (Å²) >= 11 is 5.44. The first-order chi connectivity index (χ1) is 9.49. The van der Waals surface area contributed by atoms with Crippen LogP contribution in [0.1, 0.15) is 37.3 Å². The van der Waals surface area contributed by atoms with Gasteiger partial charge in [0.1, 0.15) is 0 Å². The van der Waals surface area contributed by atoms with E-state index in [-0.39, 0.29) is 6.04 Å². The van der Waals surface area contributed by atoms with Gasteiger partial charge in [0, 0.05) is 27.1 Å². The quantitative estimate of drug-likeness (QED) is 0.824. The third kappa shape index (κ3) is 3.62. The summed E-state index contributed by atoms with van der Waals surface area (Å²) in [4.78, 5) is 3.78.